The summed E-state index contributed by atoms with van der Waals surface area (Å²) in [4.78, 5) is 50.0. The van der Waals surface area contributed by atoms with Gasteiger partial charge in [-0.2, -0.15) is 0 Å². The topological polar surface area (TPSA) is 105 Å². The summed E-state index contributed by atoms with van der Waals surface area (Å²) in [5.74, 6) is -1.55. The third-order valence-corrected chi connectivity index (χ3v) is 5.24. The minimum atomic E-state index is -0.853. The van der Waals surface area contributed by atoms with E-state index in [1.54, 1.807) is 0 Å². The Morgan fingerprint density at radius 2 is 1.92 bits per heavy atom. The van der Waals surface area contributed by atoms with Crippen molar-refractivity contribution in [2.45, 2.75) is 64.0 Å². The molecule has 2 N–H and O–H groups in total. The molecule has 140 valence electrons. The largest absolute Gasteiger partial charge is 0.467 e. The van der Waals surface area contributed by atoms with Crippen molar-refractivity contribution in [1.29, 1.82) is 0 Å². The zero-order valence-electron chi connectivity index (χ0n) is 15.1. The number of ether oxygens (including phenoxy) is 1. The maximum Gasteiger partial charge on any atom is 0.328 e. The van der Waals surface area contributed by atoms with Crippen LogP contribution in [0.5, 0.6) is 0 Å². The first kappa shape index (κ1) is 19.2. The van der Waals surface area contributed by atoms with E-state index >= 15 is 0 Å². The lowest BCUT2D eigenvalue weighted by atomic mass is 9.82. The van der Waals surface area contributed by atoms with Crippen LogP contribution in [0.15, 0.2) is 0 Å². The standard InChI is InChI=1S/C17H27N3O5/c1-4-11(2)13(14(22)25-3)18-12(21)10-20-15(23)17(19-16(20)24)8-6-5-7-9-17/h11,13H,4-10H2,1-3H3,(H,18,21)(H,19,24)/t11-,13+/m0/s1. The Balaban J connectivity index is 2.03. The third kappa shape index (κ3) is 3.93. The van der Waals surface area contributed by atoms with Gasteiger partial charge in [-0.15, -0.1) is 0 Å². The molecule has 1 aliphatic heterocycles. The number of imide groups is 1. The highest BCUT2D eigenvalue weighted by atomic mass is 16.5. The number of methoxy groups -OCH3 is 1. The van der Waals surface area contributed by atoms with E-state index in [0.717, 1.165) is 24.2 Å². The van der Waals surface area contributed by atoms with Gasteiger partial charge in [0.1, 0.15) is 18.1 Å². The molecule has 2 rings (SSSR count). The molecule has 0 aromatic carbocycles. The van der Waals surface area contributed by atoms with E-state index in [1.807, 2.05) is 13.8 Å². The fourth-order valence-electron chi connectivity index (χ4n) is 3.47. The Kier molecular flexibility index (Phi) is 6.02. The molecule has 1 saturated heterocycles. The van der Waals surface area contributed by atoms with Crippen LogP contribution in [0, 0.1) is 5.92 Å². The number of amides is 4. The zero-order chi connectivity index (χ0) is 18.6. The summed E-state index contributed by atoms with van der Waals surface area (Å²) in [5.41, 5.74) is -0.853. The lowest BCUT2D eigenvalue weighted by molar-refractivity contribution is -0.146. The molecule has 1 spiro atoms. The Morgan fingerprint density at radius 3 is 2.48 bits per heavy atom. The molecule has 2 fully saturated rings. The molecule has 2 atom stereocenters. The lowest BCUT2D eigenvalue weighted by Crippen LogP contribution is -2.51. The number of carbonyl (C=O) groups excluding carboxylic acids is 4. The van der Waals surface area contributed by atoms with Crippen LogP contribution in [-0.4, -0.2) is 54.0 Å². The van der Waals surface area contributed by atoms with Gasteiger partial charge in [0.15, 0.2) is 0 Å². The van der Waals surface area contributed by atoms with Crippen LogP contribution in [0.4, 0.5) is 4.79 Å². The summed E-state index contributed by atoms with van der Waals surface area (Å²) in [7, 11) is 1.26. The van der Waals surface area contributed by atoms with E-state index < -0.39 is 36.0 Å². The van der Waals surface area contributed by atoms with Crippen molar-refractivity contribution in [3.8, 4) is 0 Å². The van der Waals surface area contributed by atoms with Gasteiger partial charge in [0.05, 0.1) is 7.11 Å². The minimum Gasteiger partial charge on any atom is -0.467 e. The van der Waals surface area contributed by atoms with Crippen LogP contribution >= 0.6 is 0 Å². The molecular weight excluding hydrogens is 326 g/mol. The average Bonchev–Trinajstić information content (AvgIpc) is 2.83. The van der Waals surface area contributed by atoms with Crippen LogP contribution in [-0.2, 0) is 19.1 Å². The summed E-state index contributed by atoms with van der Waals surface area (Å²) in [6.07, 6.45) is 4.68. The zero-order valence-corrected chi connectivity index (χ0v) is 15.1. The number of nitrogens with one attached hydrogen (secondary N) is 2. The number of carbonyl (C=O) groups is 4. The van der Waals surface area contributed by atoms with Gasteiger partial charge in [-0.25, -0.2) is 9.59 Å². The van der Waals surface area contributed by atoms with E-state index in [2.05, 4.69) is 10.6 Å². The van der Waals surface area contributed by atoms with Gasteiger partial charge in [0.2, 0.25) is 5.91 Å². The third-order valence-electron chi connectivity index (χ3n) is 5.24. The molecule has 0 bridgehead atoms. The van der Waals surface area contributed by atoms with Crippen LogP contribution in [0.2, 0.25) is 0 Å². The normalized spacial score (nSPS) is 21.6. The summed E-state index contributed by atoms with van der Waals surface area (Å²) >= 11 is 0. The van der Waals surface area contributed by atoms with Crippen molar-refractivity contribution in [3.63, 3.8) is 0 Å². The SMILES string of the molecule is CC[C@H](C)[C@@H](NC(=O)CN1C(=O)NC2(CCCCC2)C1=O)C(=O)OC. The molecule has 2 aliphatic rings. The second-order valence-corrected chi connectivity index (χ2v) is 6.92. The lowest BCUT2D eigenvalue weighted by Gasteiger charge is -2.30. The molecule has 0 radical (unpaired) electrons. The van der Waals surface area contributed by atoms with Crippen molar-refractivity contribution in [2.75, 3.05) is 13.7 Å². The number of rotatable bonds is 6. The van der Waals surface area contributed by atoms with Gasteiger partial charge in [-0.3, -0.25) is 14.5 Å². The minimum absolute atomic E-state index is 0.121. The first-order chi connectivity index (χ1) is 11.8. The molecule has 4 amide bonds. The number of esters is 1. The molecule has 8 nitrogen and oxygen atoms in total. The number of hydrogen-bond donors (Lipinski definition) is 2. The van der Waals surface area contributed by atoms with Gasteiger partial charge in [0.25, 0.3) is 5.91 Å². The highest BCUT2D eigenvalue weighted by Gasteiger charge is 2.51. The second kappa shape index (κ2) is 7.84. The number of nitrogens with zero attached hydrogens (tertiary/aromatic N) is 1. The molecule has 1 heterocycles. The van der Waals surface area contributed by atoms with Crippen LogP contribution in [0.25, 0.3) is 0 Å². The van der Waals surface area contributed by atoms with E-state index in [0.29, 0.717) is 19.3 Å². The summed E-state index contributed by atoms with van der Waals surface area (Å²) in [5, 5.41) is 5.35. The van der Waals surface area contributed by atoms with Crippen LogP contribution in [0.1, 0.15) is 52.4 Å². The second-order valence-electron chi connectivity index (χ2n) is 6.92. The Labute approximate surface area is 147 Å². The first-order valence-corrected chi connectivity index (χ1v) is 8.86. The Hall–Kier alpha value is -2.12. The number of hydrogen-bond acceptors (Lipinski definition) is 5. The van der Waals surface area contributed by atoms with Gasteiger partial charge in [-0.05, 0) is 18.8 Å². The van der Waals surface area contributed by atoms with E-state index in [9.17, 15) is 19.2 Å². The van der Waals surface area contributed by atoms with Gasteiger partial charge < -0.3 is 15.4 Å². The summed E-state index contributed by atoms with van der Waals surface area (Å²) in [6, 6.07) is -1.34. The van der Waals surface area contributed by atoms with Crippen molar-refractivity contribution >= 4 is 23.8 Å². The van der Waals surface area contributed by atoms with Crippen molar-refractivity contribution in [3.05, 3.63) is 0 Å². The molecule has 0 aromatic heterocycles. The Morgan fingerprint density at radius 1 is 1.28 bits per heavy atom. The maximum atomic E-state index is 12.7. The molecule has 25 heavy (non-hydrogen) atoms. The molecule has 1 aliphatic carbocycles. The van der Waals surface area contributed by atoms with Gasteiger partial charge in [0, 0.05) is 0 Å². The summed E-state index contributed by atoms with van der Waals surface area (Å²) in [6.45, 7) is 3.33. The quantitative estimate of drug-likeness (QED) is 0.546. The van der Waals surface area contributed by atoms with Gasteiger partial charge in [-0.1, -0.05) is 39.5 Å². The molecule has 1 saturated carbocycles. The maximum absolute atomic E-state index is 12.7. The molecular formula is C17H27N3O5. The van der Waals surface area contributed by atoms with Crippen LogP contribution in [0.3, 0.4) is 0 Å². The highest BCUT2D eigenvalue weighted by Crippen LogP contribution is 2.33. The van der Waals surface area contributed by atoms with Crippen LogP contribution < -0.4 is 10.6 Å². The summed E-state index contributed by atoms with van der Waals surface area (Å²) < 4.78 is 4.72. The van der Waals surface area contributed by atoms with Crippen molar-refractivity contribution in [1.82, 2.24) is 15.5 Å². The molecule has 8 heteroatoms. The predicted molar refractivity (Wildman–Crippen MR) is 89.5 cm³/mol. The average molecular weight is 353 g/mol. The highest BCUT2D eigenvalue weighted by molar-refractivity contribution is 6.09. The van der Waals surface area contributed by atoms with E-state index in [-0.39, 0.29) is 11.8 Å². The van der Waals surface area contributed by atoms with Crippen molar-refractivity contribution < 1.29 is 23.9 Å². The smallest absolute Gasteiger partial charge is 0.328 e. The van der Waals surface area contributed by atoms with Gasteiger partial charge >= 0.3 is 12.0 Å². The predicted octanol–water partition coefficient (Wildman–Crippen LogP) is 0.945. The first-order valence-electron chi connectivity index (χ1n) is 8.86. The molecule has 0 unspecified atom stereocenters. The van der Waals surface area contributed by atoms with E-state index in [1.165, 1.54) is 7.11 Å². The Bertz CT molecular complexity index is 556. The number of urea groups is 1. The molecule has 0 aromatic rings. The monoisotopic (exact) mass is 353 g/mol. The fourth-order valence-corrected chi connectivity index (χ4v) is 3.47. The van der Waals surface area contributed by atoms with E-state index in [4.69, 9.17) is 4.74 Å². The fraction of sp³-hybridized carbons (Fsp3) is 0.765. The van der Waals surface area contributed by atoms with Crippen molar-refractivity contribution in [2.24, 2.45) is 5.92 Å².